The first kappa shape index (κ1) is 21.3. The summed E-state index contributed by atoms with van der Waals surface area (Å²) in [6, 6.07) is 7.49. The van der Waals surface area contributed by atoms with Crippen LogP contribution in [0.4, 0.5) is 0 Å². The fraction of sp³-hybridized carbons (Fsp3) is 0.522. The van der Waals surface area contributed by atoms with Crippen LogP contribution in [0, 0.1) is 13.8 Å². The first-order chi connectivity index (χ1) is 15.3. The van der Waals surface area contributed by atoms with Crippen molar-refractivity contribution in [2.45, 2.75) is 51.6 Å². The van der Waals surface area contributed by atoms with Gasteiger partial charge in [-0.1, -0.05) is 12.1 Å². The predicted octanol–water partition coefficient (Wildman–Crippen LogP) is 1.81. The first-order valence-electron chi connectivity index (χ1n) is 11.3. The molecule has 2 atom stereocenters. The smallest absolute Gasteiger partial charge is 0.220 e. The number of carbonyl (C=O) groups excluding carboxylic acids is 1. The fourth-order valence-electron chi connectivity index (χ4n) is 5.26. The van der Waals surface area contributed by atoms with Crippen molar-refractivity contribution in [3.63, 3.8) is 0 Å². The lowest BCUT2D eigenvalue weighted by Gasteiger charge is -2.28. The van der Waals surface area contributed by atoms with Gasteiger partial charge in [-0.2, -0.15) is 5.10 Å². The van der Waals surface area contributed by atoms with Gasteiger partial charge in [-0.25, -0.2) is 17.9 Å². The van der Waals surface area contributed by atoms with E-state index >= 15 is 0 Å². The SMILES string of the molecule is Cc1nc2c3ccccc3nn2c(C)c1CCC(=O)NC1CS(=O)(=O)CC1N1CCCC1. The van der Waals surface area contributed by atoms with E-state index in [9.17, 15) is 13.2 Å². The summed E-state index contributed by atoms with van der Waals surface area (Å²) in [5.41, 5.74) is 4.61. The molecule has 2 fully saturated rings. The van der Waals surface area contributed by atoms with Gasteiger partial charge in [0, 0.05) is 29.2 Å². The Bertz CT molecular complexity index is 1290. The molecule has 1 aromatic carbocycles. The highest BCUT2D eigenvalue weighted by Gasteiger charge is 2.42. The number of hydrogen-bond donors (Lipinski definition) is 1. The third kappa shape index (κ3) is 3.88. The maximum absolute atomic E-state index is 12.8. The van der Waals surface area contributed by atoms with Crippen LogP contribution in [-0.4, -0.2) is 70.5 Å². The van der Waals surface area contributed by atoms with E-state index in [2.05, 4.69) is 15.3 Å². The Morgan fingerprint density at radius 1 is 1.16 bits per heavy atom. The van der Waals surface area contributed by atoms with Gasteiger partial charge in [0.1, 0.15) is 0 Å². The number of sulfone groups is 1. The van der Waals surface area contributed by atoms with E-state index in [4.69, 9.17) is 4.98 Å². The van der Waals surface area contributed by atoms with E-state index in [1.165, 1.54) is 0 Å². The third-order valence-corrected chi connectivity index (χ3v) is 8.62. The molecule has 2 aromatic heterocycles. The predicted molar refractivity (Wildman–Crippen MR) is 123 cm³/mol. The van der Waals surface area contributed by atoms with Gasteiger partial charge < -0.3 is 5.32 Å². The fourth-order valence-corrected chi connectivity index (χ4v) is 7.21. The molecule has 2 saturated heterocycles. The third-order valence-electron chi connectivity index (χ3n) is 6.90. The van der Waals surface area contributed by atoms with E-state index in [-0.39, 0.29) is 29.5 Å². The van der Waals surface area contributed by atoms with Crippen molar-refractivity contribution in [3.8, 4) is 0 Å². The van der Waals surface area contributed by atoms with Crippen molar-refractivity contribution >= 4 is 32.3 Å². The molecule has 1 amide bonds. The molecule has 0 spiro atoms. The average molecular weight is 456 g/mol. The lowest BCUT2D eigenvalue weighted by Crippen LogP contribution is -2.50. The summed E-state index contributed by atoms with van der Waals surface area (Å²) in [5, 5.41) is 8.72. The van der Waals surface area contributed by atoms with Crippen molar-refractivity contribution in [1.82, 2.24) is 24.8 Å². The molecule has 5 rings (SSSR count). The molecule has 2 aliphatic rings. The molecular formula is C23H29N5O3S. The molecule has 0 aliphatic carbocycles. The van der Waals surface area contributed by atoms with Crippen LogP contribution in [0.2, 0.25) is 0 Å². The molecule has 4 heterocycles. The molecule has 32 heavy (non-hydrogen) atoms. The largest absolute Gasteiger partial charge is 0.351 e. The molecule has 2 aliphatic heterocycles. The van der Waals surface area contributed by atoms with Crippen molar-refractivity contribution in [3.05, 3.63) is 41.2 Å². The second kappa shape index (κ2) is 8.12. The summed E-state index contributed by atoms with van der Waals surface area (Å²) in [5.74, 6) is 0.0652. The van der Waals surface area contributed by atoms with E-state index < -0.39 is 9.84 Å². The van der Waals surface area contributed by atoms with Crippen LogP contribution in [0.25, 0.3) is 16.6 Å². The molecule has 0 bridgehead atoms. The summed E-state index contributed by atoms with van der Waals surface area (Å²) in [7, 11) is -3.12. The lowest BCUT2D eigenvalue weighted by molar-refractivity contribution is -0.121. The highest BCUT2D eigenvalue weighted by atomic mass is 32.2. The van der Waals surface area contributed by atoms with Crippen LogP contribution in [0.1, 0.15) is 36.2 Å². The standard InChI is InChI=1S/C23H29N5O3S/c1-15-17(16(2)28-23(24-15)18-7-3-4-8-19(18)26-28)9-10-22(29)25-20-13-32(30,31)14-21(20)27-11-5-6-12-27/h3-4,7-8,20-21H,5-6,9-14H2,1-2H3,(H,25,29). The number of likely N-dealkylation sites (tertiary alicyclic amines) is 1. The number of nitrogens with one attached hydrogen (secondary N) is 1. The summed E-state index contributed by atoms with van der Waals surface area (Å²) in [6.45, 7) is 5.80. The maximum atomic E-state index is 12.8. The zero-order valence-electron chi connectivity index (χ0n) is 18.5. The van der Waals surface area contributed by atoms with Crippen LogP contribution in [0.15, 0.2) is 24.3 Å². The van der Waals surface area contributed by atoms with Crippen LogP contribution in [0.3, 0.4) is 0 Å². The Kier molecular flexibility index (Phi) is 5.41. The molecule has 2 unspecified atom stereocenters. The average Bonchev–Trinajstić information content (AvgIpc) is 3.45. The summed E-state index contributed by atoms with van der Waals surface area (Å²) in [6.07, 6.45) is 3.01. The Balaban J connectivity index is 1.32. The second-order valence-corrected chi connectivity index (χ2v) is 11.2. The molecule has 3 aromatic rings. The number of amides is 1. The second-order valence-electron chi connectivity index (χ2n) is 9.08. The molecule has 9 heteroatoms. The number of aryl methyl sites for hydroxylation is 2. The molecule has 8 nitrogen and oxygen atoms in total. The van der Waals surface area contributed by atoms with Gasteiger partial charge >= 0.3 is 0 Å². The molecule has 170 valence electrons. The number of benzene rings is 1. The monoisotopic (exact) mass is 455 g/mol. The van der Waals surface area contributed by atoms with E-state index in [1.807, 2.05) is 42.6 Å². The number of hydrogen-bond acceptors (Lipinski definition) is 6. The zero-order valence-corrected chi connectivity index (χ0v) is 19.4. The van der Waals surface area contributed by atoms with Crippen LogP contribution < -0.4 is 5.32 Å². The molecule has 0 radical (unpaired) electrons. The van der Waals surface area contributed by atoms with Gasteiger partial charge in [0.15, 0.2) is 15.5 Å². The number of fused-ring (bicyclic) bond motifs is 3. The normalized spacial score (nSPS) is 23.3. The van der Waals surface area contributed by atoms with E-state index in [0.717, 1.165) is 59.4 Å². The number of aromatic nitrogens is 3. The van der Waals surface area contributed by atoms with Gasteiger partial charge in [-0.3, -0.25) is 9.69 Å². The van der Waals surface area contributed by atoms with Crippen molar-refractivity contribution in [2.75, 3.05) is 24.6 Å². The molecular weight excluding hydrogens is 426 g/mol. The van der Waals surface area contributed by atoms with E-state index in [1.54, 1.807) is 0 Å². The number of carbonyl (C=O) groups is 1. The molecule has 0 saturated carbocycles. The number of nitrogens with zero attached hydrogens (tertiary/aromatic N) is 4. The summed E-state index contributed by atoms with van der Waals surface area (Å²) in [4.78, 5) is 19.8. The number of rotatable bonds is 5. The van der Waals surface area contributed by atoms with Crippen LogP contribution >= 0.6 is 0 Å². The van der Waals surface area contributed by atoms with Crippen molar-refractivity contribution < 1.29 is 13.2 Å². The highest BCUT2D eigenvalue weighted by molar-refractivity contribution is 7.91. The van der Waals surface area contributed by atoms with Gasteiger partial charge in [0.05, 0.1) is 23.1 Å². The summed E-state index contributed by atoms with van der Waals surface area (Å²) >= 11 is 0. The van der Waals surface area contributed by atoms with Crippen LogP contribution in [-0.2, 0) is 21.1 Å². The topological polar surface area (TPSA) is 96.7 Å². The summed E-state index contributed by atoms with van der Waals surface area (Å²) < 4.78 is 26.4. The van der Waals surface area contributed by atoms with E-state index in [0.29, 0.717) is 12.8 Å². The Hall–Kier alpha value is -2.52. The Labute approximate surface area is 187 Å². The lowest BCUT2D eigenvalue weighted by atomic mass is 10.1. The van der Waals surface area contributed by atoms with Gasteiger partial charge in [-0.05, 0) is 63.9 Å². The van der Waals surface area contributed by atoms with Gasteiger partial charge in [0.2, 0.25) is 5.91 Å². The minimum atomic E-state index is -3.12. The van der Waals surface area contributed by atoms with Crippen molar-refractivity contribution in [1.29, 1.82) is 0 Å². The Morgan fingerprint density at radius 2 is 1.91 bits per heavy atom. The zero-order chi connectivity index (χ0) is 22.5. The quantitative estimate of drug-likeness (QED) is 0.630. The minimum Gasteiger partial charge on any atom is -0.351 e. The van der Waals surface area contributed by atoms with Crippen LogP contribution in [0.5, 0.6) is 0 Å². The van der Waals surface area contributed by atoms with Gasteiger partial charge in [-0.15, -0.1) is 0 Å². The minimum absolute atomic E-state index is 0.0331. The molecule has 1 N–H and O–H groups in total. The maximum Gasteiger partial charge on any atom is 0.220 e. The van der Waals surface area contributed by atoms with Crippen molar-refractivity contribution in [2.24, 2.45) is 0 Å². The highest BCUT2D eigenvalue weighted by Crippen LogP contribution is 2.24. The first-order valence-corrected chi connectivity index (χ1v) is 13.1. The van der Waals surface area contributed by atoms with Gasteiger partial charge in [0.25, 0.3) is 0 Å². The Morgan fingerprint density at radius 3 is 2.69 bits per heavy atom.